The lowest BCUT2D eigenvalue weighted by atomic mass is 9.86. The number of hydrogen-bond donors (Lipinski definition) is 1. The molecule has 0 radical (unpaired) electrons. The topological polar surface area (TPSA) is 68.6 Å². The number of nitrogens with zero attached hydrogens (tertiary/aromatic N) is 3. The van der Waals surface area contributed by atoms with E-state index in [9.17, 15) is 13.2 Å². The molecule has 3 aromatic rings. The predicted molar refractivity (Wildman–Crippen MR) is 127 cm³/mol. The quantitative estimate of drug-likeness (QED) is 0.343. The molecule has 0 amide bonds. The Morgan fingerprint density at radius 2 is 1.74 bits per heavy atom. The van der Waals surface area contributed by atoms with Crippen molar-refractivity contribution in [1.29, 1.82) is 0 Å². The van der Waals surface area contributed by atoms with Crippen molar-refractivity contribution in [2.75, 3.05) is 21.3 Å². The third kappa shape index (κ3) is 5.30. The Morgan fingerprint density at radius 3 is 2.32 bits per heavy atom. The minimum atomic E-state index is -4.42. The van der Waals surface area contributed by atoms with Gasteiger partial charge in [0.25, 0.3) is 0 Å². The number of rotatable bonds is 8. The lowest BCUT2D eigenvalue weighted by Crippen LogP contribution is -2.39. The summed E-state index contributed by atoms with van der Waals surface area (Å²) in [6, 6.07) is 9.37. The lowest BCUT2D eigenvalue weighted by Gasteiger charge is -2.27. The number of methoxy groups -OCH3 is 2. The third-order valence-electron chi connectivity index (χ3n) is 5.52. The average molecular weight is 473 g/mol. The van der Waals surface area contributed by atoms with Crippen LogP contribution in [0.5, 0.6) is 11.5 Å². The number of aromatic nitrogens is 2. The second kappa shape index (κ2) is 10.1. The van der Waals surface area contributed by atoms with Gasteiger partial charge in [0, 0.05) is 36.5 Å². The normalized spacial score (nSPS) is 12.9. The zero-order chi connectivity index (χ0) is 24.9. The van der Waals surface area contributed by atoms with E-state index < -0.39 is 11.6 Å². The standard InChI is InChI=1S/C25H27F3N4O2/c1-24(2,25(26,27)28)23(32-29-3)8-6-7-16-9-10-19(30-14-16)18-11-17-12-21(33-4)22(34-5)13-20(17)31-15-18/h6,8-15,29H,7H2,1-5H3/b8-6+,32-23+. The summed E-state index contributed by atoms with van der Waals surface area (Å²) in [5.74, 6) is 1.21. The first-order valence-corrected chi connectivity index (χ1v) is 10.6. The minimum absolute atomic E-state index is 0.0959. The van der Waals surface area contributed by atoms with E-state index in [4.69, 9.17) is 9.47 Å². The number of nitrogens with one attached hydrogen (secondary N) is 1. The summed E-state index contributed by atoms with van der Waals surface area (Å²) < 4.78 is 50.8. The van der Waals surface area contributed by atoms with Gasteiger partial charge in [-0.1, -0.05) is 12.1 Å². The molecule has 0 bridgehead atoms. The molecule has 34 heavy (non-hydrogen) atoms. The molecule has 0 fully saturated rings. The average Bonchev–Trinajstić information content (AvgIpc) is 2.81. The maximum absolute atomic E-state index is 13.4. The van der Waals surface area contributed by atoms with E-state index in [1.807, 2.05) is 30.3 Å². The van der Waals surface area contributed by atoms with E-state index in [2.05, 4.69) is 20.5 Å². The number of benzene rings is 1. The van der Waals surface area contributed by atoms with Gasteiger partial charge in [-0.3, -0.25) is 9.97 Å². The van der Waals surface area contributed by atoms with Crippen LogP contribution in [0.3, 0.4) is 0 Å². The van der Waals surface area contributed by atoms with Crippen LogP contribution in [0.4, 0.5) is 13.2 Å². The number of fused-ring (bicyclic) bond motifs is 1. The van der Waals surface area contributed by atoms with Gasteiger partial charge in [0.05, 0.1) is 31.1 Å². The Kier molecular flexibility index (Phi) is 7.44. The molecule has 2 heterocycles. The molecule has 3 rings (SSSR count). The number of hydrazone groups is 1. The third-order valence-corrected chi connectivity index (χ3v) is 5.52. The van der Waals surface area contributed by atoms with Crippen LogP contribution < -0.4 is 14.9 Å². The molecule has 0 spiro atoms. The van der Waals surface area contributed by atoms with Crippen LogP contribution in [0.15, 0.2) is 60.0 Å². The summed E-state index contributed by atoms with van der Waals surface area (Å²) in [5.41, 5.74) is 3.46. The fraction of sp³-hybridized carbons (Fsp3) is 0.320. The van der Waals surface area contributed by atoms with E-state index in [0.29, 0.717) is 17.9 Å². The highest BCUT2D eigenvalue weighted by Crippen LogP contribution is 2.39. The number of allylic oxidation sites excluding steroid dienone is 2. The summed E-state index contributed by atoms with van der Waals surface area (Å²) in [5, 5.41) is 4.70. The van der Waals surface area contributed by atoms with Gasteiger partial charge in [-0.25, -0.2) is 0 Å². The SMILES string of the molecule is CN/N=C(\C=C\Cc1ccc(-c2cnc3cc(OC)c(OC)cc3c2)nc1)C(C)(C)C(F)(F)F. The van der Waals surface area contributed by atoms with Crippen LogP contribution in [-0.4, -0.2) is 43.1 Å². The van der Waals surface area contributed by atoms with Crippen LogP contribution in [0.25, 0.3) is 22.2 Å². The Morgan fingerprint density at radius 1 is 1.03 bits per heavy atom. The Labute approximate surface area is 196 Å². The van der Waals surface area contributed by atoms with Crippen LogP contribution in [-0.2, 0) is 6.42 Å². The second-order valence-electron chi connectivity index (χ2n) is 8.13. The molecule has 1 aromatic carbocycles. The summed E-state index contributed by atoms with van der Waals surface area (Å²) in [4.78, 5) is 9.00. The minimum Gasteiger partial charge on any atom is -0.493 e. The van der Waals surface area contributed by atoms with Crippen molar-refractivity contribution in [3.63, 3.8) is 0 Å². The van der Waals surface area contributed by atoms with E-state index in [1.165, 1.54) is 13.1 Å². The van der Waals surface area contributed by atoms with Crippen molar-refractivity contribution in [3.05, 3.63) is 60.4 Å². The molecule has 0 unspecified atom stereocenters. The van der Waals surface area contributed by atoms with Crippen molar-refractivity contribution in [2.45, 2.75) is 26.4 Å². The largest absolute Gasteiger partial charge is 0.493 e. The molecule has 0 aliphatic heterocycles. The first-order chi connectivity index (χ1) is 16.1. The monoisotopic (exact) mass is 472 g/mol. The molecule has 0 saturated carbocycles. The van der Waals surface area contributed by atoms with Crippen LogP contribution in [0.2, 0.25) is 0 Å². The predicted octanol–water partition coefficient (Wildman–Crippen LogP) is 5.58. The van der Waals surface area contributed by atoms with Gasteiger partial charge in [0.2, 0.25) is 0 Å². The maximum Gasteiger partial charge on any atom is 0.399 e. The number of halogens is 3. The Balaban J connectivity index is 1.78. The van der Waals surface area contributed by atoms with Gasteiger partial charge in [0.1, 0.15) is 5.41 Å². The van der Waals surface area contributed by atoms with E-state index in [-0.39, 0.29) is 5.71 Å². The van der Waals surface area contributed by atoms with Crippen LogP contribution in [0, 0.1) is 5.41 Å². The molecule has 0 aliphatic carbocycles. The van der Waals surface area contributed by atoms with Gasteiger partial charge < -0.3 is 14.9 Å². The van der Waals surface area contributed by atoms with Crippen molar-refractivity contribution < 1.29 is 22.6 Å². The molecular formula is C25H27F3N4O2. The lowest BCUT2D eigenvalue weighted by molar-refractivity contribution is -0.185. The number of alkyl halides is 3. The molecule has 180 valence electrons. The fourth-order valence-corrected chi connectivity index (χ4v) is 3.27. The van der Waals surface area contributed by atoms with Gasteiger partial charge in [-0.15, -0.1) is 0 Å². The molecular weight excluding hydrogens is 445 g/mol. The molecule has 1 N–H and O–H groups in total. The van der Waals surface area contributed by atoms with E-state index in [0.717, 1.165) is 41.6 Å². The molecule has 0 atom stereocenters. The van der Waals surface area contributed by atoms with Gasteiger partial charge in [0.15, 0.2) is 11.5 Å². The highest BCUT2D eigenvalue weighted by atomic mass is 19.4. The summed E-state index contributed by atoms with van der Waals surface area (Å²) in [6.45, 7) is 2.21. The van der Waals surface area contributed by atoms with Crippen molar-refractivity contribution in [3.8, 4) is 22.8 Å². The zero-order valence-electron chi connectivity index (χ0n) is 19.7. The summed E-state index contributed by atoms with van der Waals surface area (Å²) >= 11 is 0. The van der Waals surface area contributed by atoms with Crippen molar-refractivity contribution in [1.82, 2.24) is 15.4 Å². The zero-order valence-corrected chi connectivity index (χ0v) is 19.7. The number of hydrogen-bond acceptors (Lipinski definition) is 6. The van der Waals surface area contributed by atoms with Gasteiger partial charge in [-0.05, 0) is 50.1 Å². The number of pyridine rings is 2. The van der Waals surface area contributed by atoms with Crippen LogP contribution in [0.1, 0.15) is 19.4 Å². The molecule has 9 heteroatoms. The summed E-state index contributed by atoms with van der Waals surface area (Å²) in [7, 11) is 4.62. The highest BCUT2D eigenvalue weighted by molar-refractivity contribution is 5.99. The highest BCUT2D eigenvalue weighted by Gasteiger charge is 2.50. The maximum atomic E-state index is 13.4. The fourth-order valence-electron chi connectivity index (χ4n) is 3.27. The van der Waals surface area contributed by atoms with Crippen molar-refractivity contribution >= 4 is 16.6 Å². The molecule has 6 nitrogen and oxygen atoms in total. The Hall–Kier alpha value is -3.62. The van der Waals surface area contributed by atoms with Crippen LogP contribution >= 0.6 is 0 Å². The van der Waals surface area contributed by atoms with E-state index >= 15 is 0 Å². The molecule has 2 aromatic heterocycles. The Bertz CT molecular complexity index is 1200. The number of ether oxygens (including phenoxy) is 2. The second-order valence-corrected chi connectivity index (χ2v) is 8.13. The first-order valence-electron chi connectivity index (χ1n) is 10.6. The van der Waals surface area contributed by atoms with E-state index in [1.54, 1.807) is 32.7 Å². The molecule has 0 aliphatic rings. The first kappa shape index (κ1) is 25.0. The molecule has 0 saturated heterocycles. The summed E-state index contributed by atoms with van der Waals surface area (Å²) in [6.07, 6.45) is 2.47. The van der Waals surface area contributed by atoms with Crippen molar-refractivity contribution in [2.24, 2.45) is 10.5 Å². The van der Waals surface area contributed by atoms with Gasteiger partial charge >= 0.3 is 6.18 Å². The van der Waals surface area contributed by atoms with Gasteiger partial charge in [-0.2, -0.15) is 18.3 Å². The smallest absolute Gasteiger partial charge is 0.399 e.